The molecule has 4 nitrogen and oxygen atoms in total. The highest BCUT2D eigenvalue weighted by molar-refractivity contribution is 7.22. The molecule has 0 bridgehead atoms. The average molecular weight is 346 g/mol. The predicted octanol–water partition coefficient (Wildman–Crippen LogP) is 5.21. The van der Waals surface area contributed by atoms with E-state index in [2.05, 4.69) is 10.3 Å². The van der Waals surface area contributed by atoms with Crippen molar-refractivity contribution in [3.8, 4) is 11.3 Å². The molecule has 0 unspecified atom stereocenters. The lowest BCUT2D eigenvalue weighted by Crippen LogP contribution is -2.07. The molecule has 0 saturated heterocycles. The van der Waals surface area contributed by atoms with E-state index in [4.69, 9.17) is 4.42 Å². The molecule has 1 amide bonds. The summed E-state index contributed by atoms with van der Waals surface area (Å²) in [6.07, 6.45) is 3.09. The van der Waals surface area contributed by atoms with Crippen LogP contribution in [0, 0.1) is 0 Å². The number of amides is 1. The molecular weight excluding hydrogens is 332 g/mol. The molecule has 0 spiro atoms. The van der Waals surface area contributed by atoms with Gasteiger partial charge in [-0.2, -0.15) is 0 Å². The highest BCUT2D eigenvalue weighted by atomic mass is 32.1. The minimum atomic E-state index is -0.239. The second-order valence-electron chi connectivity index (χ2n) is 5.38. The summed E-state index contributed by atoms with van der Waals surface area (Å²) in [7, 11) is 0. The van der Waals surface area contributed by atoms with Gasteiger partial charge in [-0.05, 0) is 30.3 Å². The van der Waals surface area contributed by atoms with Crippen LogP contribution < -0.4 is 5.32 Å². The Labute approximate surface area is 148 Å². The van der Waals surface area contributed by atoms with E-state index in [9.17, 15) is 4.79 Å². The first-order valence-electron chi connectivity index (χ1n) is 7.78. The van der Waals surface area contributed by atoms with Gasteiger partial charge in [0.25, 0.3) is 0 Å². The van der Waals surface area contributed by atoms with E-state index in [1.165, 1.54) is 17.4 Å². The van der Waals surface area contributed by atoms with Gasteiger partial charge in [-0.15, -0.1) is 0 Å². The standard InChI is InChI=1S/C20H14N2O2S/c23-19(22-20-21-16-8-4-5-9-18(16)25-20)13-11-15-10-12-17(24-15)14-6-2-1-3-7-14/h1-13H,(H,21,22,23)/b13-11+. The van der Waals surface area contributed by atoms with Crippen LogP contribution in [0.2, 0.25) is 0 Å². The minimum absolute atomic E-state index is 0.239. The zero-order chi connectivity index (χ0) is 17.1. The Morgan fingerprint density at radius 1 is 1.00 bits per heavy atom. The van der Waals surface area contributed by atoms with Gasteiger partial charge in [0.1, 0.15) is 11.5 Å². The number of thiazole rings is 1. The number of carbonyl (C=O) groups excluding carboxylic acids is 1. The van der Waals surface area contributed by atoms with E-state index in [1.54, 1.807) is 6.08 Å². The molecule has 2 heterocycles. The fourth-order valence-corrected chi connectivity index (χ4v) is 3.30. The second kappa shape index (κ2) is 6.75. The third-order valence-corrected chi connectivity index (χ3v) is 4.56. The molecule has 0 aliphatic carbocycles. The minimum Gasteiger partial charge on any atom is -0.457 e. The first-order valence-corrected chi connectivity index (χ1v) is 8.59. The number of benzene rings is 2. The summed E-state index contributed by atoms with van der Waals surface area (Å²) >= 11 is 1.45. The first-order chi connectivity index (χ1) is 12.3. The highest BCUT2D eigenvalue weighted by Crippen LogP contribution is 2.25. The van der Waals surface area contributed by atoms with Crippen molar-refractivity contribution < 1.29 is 9.21 Å². The highest BCUT2D eigenvalue weighted by Gasteiger charge is 2.06. The van der Waals surface area contributed by atoms with Gasteiger partial charge in [0.2, 0.25) is 5.91 Å². The summed E-state index contributed by atoms with van der Waals surface area (Å²) in [5, 5.41) is 3.36. The molecule has 2 aromatic carbocycles. The number of aromatic nitrogens is 1. The number of rotatable bonds is 4. The molecule has 25 heavy (non-hydrogen) atoms. The quantitative estimate of drug-likeness (QED) is 0.516. The van der Waals surface area contributed by atoms with Gasteiger partial charge in [0, 0.05) is 11.6 Å². The molecule has 0 atom stereocenters. The summed E-state index contributed by atoms with van der Waals surface area (Å²) in [5.41, 5.74) is 1.88. The number of para-hydroxylation sites is 1. The van der Waals surface area contributed by atoms with Gasteiger partial charge in [0.15, 0.2) is 5.13 Å². The van der Waals surface area contributed by atoms with E-state index in [1.807, 2.05) is 66.7 Å². The number of nitrogens with one attached hydrogen (secondary N) is 1. The van der Waals surface area contributed by atoms with Gasteiger partial charge in [-0.1, -0.05) is 53.8 Å². The number of hydrogen-bond acceptors (Lipinski definition) is 4. The molecule has 2 aromatic heterocycles. The van der Waals surface area contributed by atoms with Crippen LogP contribution in [0.3, 0.4) is 0 Å². The van der Waals surface area contributed by atoms with Crippen molar-refractivity contribution in [3.63, 3.8) is 0 Å². The molecule has 0 aliphatic heterocycles. The topological polar surface area (TPSA) is 55.1 Å². The molecule has 4 aromatic rings. The van der Waals surface area contributed by atoms with Crippen LogP contribution in [-0.4, -0.2) is 10.9 Å². The Hall–Kier alpha value is -3.18. The normalized spacial score (nSPS) is 11.2. The van der Waals surface area contributed by atoms with Gasteiger partial charge in [-0.3, -0.25) is 10.1 Å². The van der Waals surface area contributed by atoms with Crippen molar-refractivity contribution in [3.05, 3.63) is 78.6 Å². The summed E-state index contributed by atoms with van der Waals surface area (Å²) in [6.45, 7) is 0. The van der Waals surface area contributed by atoms with Crippen molar-refractivity contribution in [2.75, 3.05) is 5.32 Å². The molecule has 122 valence electrons. The first kappa shape index (κ1) is 15.4. The SMILES string of the molecule is O=C(/C=C/c1ccc(-c2ccccc2)o1)Nc1nc2ccccc2s1. The number of nitrogens with zero attached hydrogens (tertiary/aromatic N) is 1. The van der Waals surface area contributed by atoms with Crippen LogP contribution in [0.1, 0.15) is 5.76 Å². The largest absolute Gasteiger partial charge is 0.457 e. The average Bonchev–Trinajstić information content (AvgIpc) is 3.27. The number of carbonyl (C=O) groups is 1. The summed E-state index contributed by atoms with van der Waals surface area (Å²) in [5.74, 6) is 1.15. The van der Waals surface area contributed by atoms with Gasteiger partial charge >= 0.3 is 0 Å². The molecular formula is C20H14N2O2S. The maximum Gasteiger partial charge on any atom is 0.250 e. The summed E-state index contributed by atoms with van der Waals surface area (Å²) < 4.78 is 6.78. The summed E-state index contributed by atoms with van der Waals surface area (Å²) in [4.78, 5) is 16.4. The lowest BCUT2D eigenvalue weighted by Gasteiger charge is -1.95. The van der Waals surface area contributed by atoms with E-state index in [0.29, 0.717) is 10.9 Å². The Kier molecular flexibility index (Phi) is 4.14. The Balaban J connectivity index is 1.44. The lowest BCUT2D eigenvalue weighted by atomic mass is 10.2. The van der Waals surface area contributed by atoms with Crippen molar-refractivity contribution in [2.45, 2.75) is 0 Å². The fraction of sp³-hybridized carbons (Fsp3) is 0. The second-order valence-corrected chi connectivity index (χ2v) is 6.41. The van der Waals surface area contributed by atoms with Gasteiger partial charge < -0.3 is 4.42 Å². The molecule has 4 rings (SSSR count). The van der Waals surface area contributed by atoms with Gasteiger partial charge in [-0.25, -0.2) is 4.98 Å². The third-order valence-electron chi connectivity index (χ3n) is 3.61. The van der Waals surface area contributed by atoms with Crippen LogP contribution in [0.15, 0.2) is 77.2 Å². The van der Waals surface area contributed by atoms with E-state index in [-0.39, 0.29) is 5.91 Å². The maximum absolute atomic E-state index is 12.1. The summed E-state index contributed by atoms with van der Waals surface area (Å²) in [6, 6.07) is 21.3. The lowest BCUT2D eigenvalue weighted by molar-refractivity contribution is -0.111. The van der Waals surface area contributed by atoms with Crippen LogP contribution in [0.25, 0.3) is 27.6 Å². The van der Waals surface area contributed by atoms with Crippen LogP contribution >= 0.6 is 11.3 Å². The molecule has 5 heteroatoms. The number of hydrogen-bond donors (Lipinski definition) is 1. The number of furan rings is 1. The number of fused-ring (bicyclic) bond motifs is 1. The maximum atomic E-state index is 12.1. The zero-order valence-corrected chi connectivity index (χ0v) is 14.0. The number of anilines is 1. The Morgan fingerprint density at radius 3 is 2.64 bits per heavy atom. The van der Waals surface area contributed by atoms with E-state index >= 15 is 0 Å². The van der Waals surface area contributed by atoms with Crippen molar-refractivity contribution in [2.24, 2.45) is 0 Å². The van der Waals surface area contributed by atoms with E-state index in [0.717, 1.165) is 21.5 Å². The smallest absolute Gasteiger partial charge is 0.250 e. The van der Waals surface area contributed by atoms with Crippen molar-refractivity contribution in [1.82, 2.24) is 4.98 Å². The molecule has 0 fully saturated rings. The predicted molar refractivity (Wildman–Crippen MR) is 101 cm³/mol. The van der Waals surface area contributed by atoms with Gasteiger partial charge in [0.05, 0.1) is 10.2 Å². The Bertz CT molecular complexity index is 1010. The van der Waals surface area contributed by atoms with Crippen molar-refractivity contribution in [1.29, 1.82) is 0 Å². The molecule has 0 aliphatic rings. The van der Waals surface area contributed by atoms with E-state index < -0.39 is 0 Å². The Morgan fingerprint density at radius 2 is 1.80 bits per heavy atom. The van der Waals surface area contributed by atoms with Crippen LogP contribution in [-0.2, 0) is 4.79 Å². The molecule has 1 N–H and O–H groups in total. The van der Waals surface area contributed by atoms with Crippen molar-refractivity contribution >= 4 is 38.7 Å². The van der Waals surface area contributed by atoms with Crippen LogP contribution in [0.4, 0.5) is 5.13 Å². The monoisotopic (exact) mass is 346 g/mol. The third kappa shape index (κ3) is 3.51. The van der Waals surface area contributed by atoms with Crippen LogP contribution in [0.5, 0.6) is 0 Å². The fourth-order valence-electron chi connectivity index (χ4n) is 2.43. The molecule has 0 radical (unpaired) electrons. The molecule has 0 saturated carbocycles. The zero-order valence-electron chi connectivity index (χ0n) is 13.2.